The topological polar surface area (TPSA) is 38.3 Å². The maximum absolute atomic E-state index is 10.8. The minimum atomic E-state index is -0.440. The molecule has 1 unspecified atom stereocenters. The molecular formula is C8H12INO2. The van der Waals surface area contributed by atoms with E-state index in [0.29, 0.717) is 10.5 Å². The number of amides is 1. The van der Waals surface area contributed by atoms with Crippen LogP contribution < -0.4 is 5.32 Å². The fraction of sp³-hybridized carbons (Fsp3) is 0.625. The lowest BCUT2D eigenvalue weighted by Gasteiger charge is -2.05. The smallest absolute Gasteiger partial charge is 0.408 e. The summed E-state index contributed by atoms with van der Waals surface area (Å²) in [7, 11) is 0. The van der Waals surface area contributed by atoms with Crippen LogP contribution in [0.5, 0.6) is 0 Å². The monoisotopic (exact) mass is 281 g/mol. The SMILES string of the molecule is C#CCOC(=O)NCCC(C)I. The van der Waals surface area contributed by atoms with Gasteiger partial charge in [-0.3, -0.25) is 0 Å². The first-order chi connectivity index (χ1) is 5.66. The van der Waals surface area contributed by atoms with Gasteiger partial charge < -0.3 is 10.1 Å². The molecule has 0 saturated carbocycles. The minimum Gasteiger partial charge on any atom is -0.436 e. The van der Waals surface area contributed by atoms with Crippen LogP contribution in [0.1, 0.15) is 13.3 Å². The molecule has 0 bridgehead atoms. The van der Waals surface area contributed by atoms with E-state index < -0.39 is 6.09 Å². The van der Waals surface area contributed by atoms with Crippen LogP contribution in [0.4, 0.5) is 4.79 Å². The highest BCUT2D eigenvalue weighted by atomic mass is 127. The Bertz CT molecular complexity index is 174. The predicted molar refractivity (Wildman–Crippen MR) is 56.3 cm³/mol. The lowest BCUT2D eigenvalue weighted by atomic mass is 10.3. The van der Waals surface area contributed by atoms with Crippen molar-refractivity contribution in [2.75, 3.05) is 13.2 Å². The summed E-state index contributed by atoms with van der Waals surface area (Å²) < 4.78 is 5.14. The number of halogens is 1. The third-order valence-corrected chi connectivity index (χ3v) is 1.72. The lowest BCUT2D eigenvalue weighted by molar-refractivity contribution is 0.160. The van der Waals surface area contributed by atoms with Crippen LogP contribution in [-0.2, 0) is 4.74 Å². The van der Waals surface area contributed by atoms with Gasteiger partial charge in [0.15, 0.2) is 6.61 Å². The molecule has 12 heavy (non-hydrogen) atoms. The van der Waals surface area contributed by atoms with E-state index in [1.54, 1.807) is 0 Å². The summed E-state index contributed by atoms with van der Waals surface area (Å²) in [4.78, 5) is 10.8. The van der Waals surface area contributed by atoms with Crippen LogP contribution in [0.2, 0.25) is 0 Å². The predicted octanol–water partition coefficient (Wildman–Crippen LogP) is 1.56. The highest BCUT2D eigenvalue weighted by molar-refractivity contribution is 14.1. The van der Waals surface area contributed by atoms with Gasteiger partial charge in [0.25, 0.3) is 0 Å². The van der Waals surface area contributed by atoms with Gasteiger partial charge in [0, 0.05) is 10.5 Å². The van der Waals surface area contributed by atoms with Gasteiger partial charge >= 0.3 is 6.09 Å². The van der Waals surface area contributed by atoms with Gasteiger partial charge in [-0.05, 0) is 6.42 Å². The molecule has 0 spiro atoms. The molecule has 1 atom stereocenters. The first-order valence-electron chi connectivity index (χ1n) is 3.65. The number of alkyl halides is 1. The van der Waals surface area contributed by atoms with E-state index in [1.165, 1.54) is 0 Å². The summed E-state index contributed by atoms with van der Waals surface area (Å²) in [6.45, 7) is 2.74. The molecule has 0 aromatic rings. The van der Waals surface area contributed by atoms with Crippen LogP contribution in [0.3, 0.4) is 0 Å². The molecule has 0 aliphatic heterocycles. The van der Waals surface area contributed by atoms with Crippen molar-refractivity contribution in [3.05, 3.63) is 0 Å². The number of hydrogen-bond donors (Lipinski definition) is 1. The number of rotatable bonds is 4. The van der Waals surface area contributed by atoms with Gasteiger partial charge in [0.05, 0.1) is 0 Å². The van der Waals surface area contributed by atoms with Crippen molar-refractivity contribution in [2.24, 2.45) is 0 Å². The summed E-state index contributed by atoms with van der Waals surface area (Å²) in [5, 5.41) is 2.59. The third kappa shape index (κ3) is 7.66. The second-order valence-corrected chi connectivity index (χ2v) is 4.40. The highest BCUT2D eigenvalue weighted by Gasteiger charge is 2.00. The summed E-state index contributed by atoms with van der Waals surface area (Å²) >= 11 is 2.29. The normalized spacial score (nSPS) is 11.4. The van der Waals surface area contributed by atoms with Gasteiger partial charge in [-0.15, -0.1) is 6.42 Å². The van der Waals surface area contributed by atoms with Crippen LogP contribution in [0.15, 0.2) is 0 Å². The molecule has 0 radical (unpaired) electrons. The van der Waals surface area contributed by atoms with Crippen molar-refractivity contribution in [3.8, 4) is 12.3 Å². The van der Waals surface area contributed by atoms with E-state index in [-0.39, 0.29) is 6.61 Å². The molecule has 68 valence electrons. The zero-order chi connectivity index (χ0) is 9.40. The van der Waals surface area contributed by atoms with Crippen molar-refractivity contribution in [3.63, 3.8) is 0 Å². The lowest BCUT2D eigenvalue weighted by Crippen LogP contribution is -2.26. The summed E-state index contributed by atoms with van der Waals surface area (Å²) in [5.41, 5.74) is 0. The Kier molecular flexibility index (Phi) is 6.96. The highest BCUT2D eigenvalue weighted by Crippen LogP contribution is 2.01. The van der Waals surface area contributed by atoms with E-state index in [0.717, 1.165) is 6.42 Å². The molecule has 0 heterocycles. The third-order valence-electron chi connectivity index (χ3n) is 1.10. The van der Waals surface area contributed by atoms with Gasteiger partial charge in [0.2, 0.25) is 0 Å². The molecule has 1 amide bonds. The van der Waals surface area contributed by atoms with Gasteiger partial charge in [-0.25, -0.2) is 4.79 Å². The maximum Gasteiger partial charge on any atom is 0.408 e. The Morgan fingerprint density at radius 3 is 3.00 bits per heavy atom. The number of carbonyl (C=O) groups is 1. The van der Waals surface area contributed by atoms with E-state index >= 15 is 0 Å². The summed E-state index contributed by atoms with van der Waals surface area (Å²) in [5.74, 6) is 2.21. The van der Waals surface area contributed by atoms with E-state index in [2.05, 4.69) is 45.5 Å². The Morgan fingerprint density at radius 2 is 2.50 bits per heavy atom. The molecule has 1 N–H and O–H groups in total. The molecule has 0 rings (SSSR count). The fourth-order valence-corrected chi connectivity index (χ4v) is 0.843. The standard InChI is InChI=1S/C8H12INO2/c1-3-6-12-8(11)10-5-4-7(2)9/h1,7H,4-6H2,2H3,(H,10,11). The van der Waals surface area contributed by atoms with Crippen LogP contribution >= 0.6 is 22.6 Å². The zero-order valence-corrected chi connectivity index (χ0v) is 9.13. The van der Waals surface area contributed by atoms with Crippen molar-refractivity contribution in [1.82, 2.24) is 5.32 Å². The van der Waals surface area contributed by atoms with E-state index in [4.69, 9.17) is 6.42 Å². The van der Waals surface area contributed by atoms with Crippen molar-refractivity contribution in [2.45, 2.75) is 17.3 Å². The van der Waals surface area contributed by atoms with Crippen LogP contribution in [-0.4, -0.2) is 23.2 Å². The minimum absolute atomic E-state index is 0.0334. The average Bonchev–Trinajstić information content (AvgIpc) is 2.00. The number of alkyl carbamates (subject to hydrolysis) is 1. The largest absolute Gasteiger partial charge is 0.436 e. The Hall–Kier alpha value is -0.440. The number of ether oxygens (including phenoxy) is 1. The number of hydrogen-bond acceptors (Lipinski definition) is 2. The van der Waals surface area contributed by atoms with E-state index in [1.807, 2.05) is 0 Å². The van der Waals surface area contributed by atoms with Crippen LogP contribution in [0.25, 0.3) is 0 Å². The van der Waals surface area contributed by atoms with Crippen molar-refractivity contribution >= 4 is 28.7 Å². The zero-order valence-electron chi connectivity index (χ0n) is 6.97. The summed E-state index contributed by atoms with van der Waals surface area (Å²) in [6, 6.07) is 0. The molecule has 0 aromatic carbocycles. The molecule has 0 fully saturated rings. The molecule has 0 aliphatic carbocycles. The van der Waals surface area contributed by atoms with Gasteiger partial charge in [-0.1, -0.05) is 35.4 Å². The number of nitrogens with one attached hydrogen (secondary N) is 1. The molecule has 4 heteroatoms. The number of terminal acetylenes is 1. The van der Waals surface area contributed by atoms with Crippen molar-refractivity contribution < 1.29 is 9.53 Å². The van der Waals surface area contributed by atoms with Crippen LogP contribution in [0, 0.1) is 12.3 Å². The first-order valence-corrected chi connectivity index (χ1v) is 4.89. The molecule has 0 aromatic heterocycles. The Morgan fingerprint density at radius 1 is 1.83 bits per heavy atom. The maximum atomic E-state index is 10.8. The number of carbonyl (C=O) groups excluding carboxylic acids is 1. The quantitative estimate of drug-likeness (QED) is 0.482. The molecule has 0 saturated heterocycles. The van der Waals surface area contributed by atoms with Gasteiger partial charge in [0.1, 0.15) is 0 Å². The second kappa shape index (κ2) is 7.22. The Balaban J connectivity index is 3.27. The second-order valence-electron chi connectivity index (χ2n) is 2.28. The molecule has 0 aliphatic rings. The molecular weight excluding hydrogens is 269 g/mol. The van der Waals surface area contributed by atoms with E-state index in [9.17, 15) is 4.79 Å². The summed E-state index contributed by atoms with van der Waals surface area (Å²) in [6.07, 6.45) is 5.39. The Labute approximate surface area is 86.4 Å². The first kappa shape index (κ1) is 11.6. The van der Waals surface area contributed by atoms with Crippen molar-refractivity contribution in [1.29, 1.82) is 0 Å². The van der Waals surface area contributed by atoms with Gasteiger partial charge in [-0.2, -0.15) is 0 Å². The fourth-order valence-electron chi connectivity index (χ4n) is 0.531. The molecule has 3 nitrogen and oxygen atoms in total. The average molecular weight is 281 g/mol.